The van der Waals surface area contributed by atoms with Gasteiger partial charge in [-0.3, -0.25) is 4.79 Å². The first kappa shape index (κ1) is 18.3. The molecular weight excluding hydrogens is 376 g/mol. The lowest BCUT2D eigenvalue weighted by Crippen LogP contribution is -2.21. The Bertz CT molecular complexity index is 1130. The Morgan fingerprint density at radius 1 is 1.29 bits per heavy atom. The van der Waals surface area contributed by atoms with Gasteiger partial charge in [0.25, 0.3) is 0 Å². The molecule has 0 saturated carbocycles. The Labute approximate surface area is 165 Å². The van der Waals surface area contributed by atoms with Crippen LogP contribution in [0.2, 0.25) is 0 Å². The van der Waals surface area contributed by atoms with Crippen LogP contribution >= 0.6 is 11.3 Å². The fourth-order valence-corrected chi connectivity index (χ4v) is 4.40. The molecule has 28 heavy (non-hydrogen) atoms. The van der Waals surface area contributed by atoms with Crippen molar-refractivity contribution < 1.29 is 24.5 Å². The molecule has 0 saturated heterocycles. The molecule has 5 nitrogen and oxygen atoms in total. The van der Waals surface area contributed by atoms with Gasteiger partial charge >= 0.3 is 5.97 Å². The SMILES string of the molecule is C/C(=C\Cc1c(O)ccc2c1OC(c1csc3ccccc13)CC2=O)C(=O)O. The van der Waals surface area contributed by atoms with E-state index in [0.29, 0.717) is 16.9 Å². The van der Waals surface area contributed by atoms with Crippen molar-refractivity contribution >= 4 is 33.2 Å². The van der Waals surface area contributed by atoms with Crippen LogP contribution in [-0.2, 0) is 11.2 Å². The van der Waals surface area contributed by atoms with Gasteiger partial charge in [-0.2, -0.15) is 0 Å². The molecule has 142 valence electrons. The lowest BCUT2D eigenvalue weighted by atomic mass is 9.93. The van der Waals surface area contributed by atoms with Crippen molar-refractivity contribution in [2.24, 2.45) is 0 Å². The second-order valence-electron chi connectivity index (χ2n) is 6.76. The zero-order valence-electron chi connectivity index (χ0n) is 15.1. The number of thiophene rings is 1. The largest absolute Gasteiger partial charge is 0.508 e. The Morgan fingerprint density at radius 2 is 2.07 bits per heavy atom. The fraction of sp³-hybridized carbons (Fsp3) is 0.182. The van der Waals surface area contributed by atoms with Crippen LogP contribution in [0, 0.1) is 0 Å². The molecule has 2 heterocycles. The molecule has 0 fully saturated rings. The van der Waals surface area contributed by atoms with E-state index in [-0.39, 0.29) is 29.9 Å². The summed E-state index contributed by atoms with van der Waals surface area (Å²) in [6.07, 6.45) is 1.45. The minimum absolute atomic E-state index is 0.0168. The number of hydrogen-bond donors (Lipinski definition) is 2. The molecule has 2 aromatic carbocycles. The number of hydrogen-bond acceptors (Lipinski definition) is 5. The summed E-state index contributed by atoms with van der Waals surface area (Å²) in [5, 5.41) is 22.4. The van der Waals surface area contributed by atoms with Gasteiger partial charge in [-0.25, -0.2) is 4.79 Å². The number of benzene rings is 2. The Morgan fingerprint density at radius 3 is 2.86 bits per heavy atom. The van der Waals surface area contributed by atoms with Gasteiger partial charge in [-0.15, -0.1) is 11.3 Å². The van der Waals surface area contributed by atoms with Crippen LogP contribution in [0.15, 0.2) is 53.4 Å². The van der Waals surface area contributed by atoms with Crippen molar-refractivity contribution in [1.82, 2.24) is 0 Å². The van der Waals surface area contributed by atoms with Crippen molar-refractivity contribution in [3.05, 3.63) is 70.1 Å². The van der Waals surface area contributed by atoms with Crippen molar-refractivity contribution in [1.29, 1.82) is 0 Å². The van der Waals surface area contributed by atoms with Crippen LogP contribution in [0.4, 0.5) is 0 Å². The van der Waals surface area contributed by atoms with Crippen molar-refractivity contribution in [3.8, 4) is 11.5 Å². The van der Waals surface area contributed by atoms with Gasteiger partial charge in [0.15, 0.2) is 5.78 Å². The highest BCUT2D eigenvalue weighted by molar-refractivity contribution is 7.17. The van der Waals surface area contributed by atoms with E-state index in [1.54, 1.807) is 17.4 Å². The zero-order valence-corrected chi connectivity index (χ0v) is 16.0. The molecule has 1 aromatic heterocycles. The average Bonchev–Trinajstić information content (AvgIpc) is 3.10. The molecule has 0 spiro atoms. The number of phenolic OH excluding ortho intramolecular Hbond substituents is 1. The van der Waals surface area contributed by atoms with Crippen LogP contribution in [0.1, 0.15) is 40.9 Å². The molecule has 0 bridgehead atoms. The number of aromatic hydroxyl groups is 1. The number of ketones is 1. The molecule has 3 aromatic rings. The van der Waals surface area contributed by atoms with Crippen LogP contribution in [0.5, 0.6) is 11.5 Å². The summed E-state index contributed by atoms with van der Waals surface area (Å²) >= 11 is 1.60. The highest BCUT2D eigenvalue weighted by atomic mass is 32.1. The maximum Gasteiger partial charge on any atom is 0.330 e. The monoisotopic (exact) mass is 394 g/mol. The number of ether oxygens (including phenoxy) is 1. The lowest BCUT2D eigenvalue weighted by Gasteiger charge is -2.27. The summed E-state index contributed by atoms with van der Waals surface area (Å²) in [5.41, 5.74) is 1.96. The normalized spacial score (nSPS) is 16.7. The lowest BCUT2D eigenvalue weighted by molar-refractivity contribution is -0.132. The standard InChI is InChI=1S/C22H18O5S/c1-12(22(25)26)6-7-14-17(23)9-8-15-18(24)10-19(27-21(14)15)16-11-28-20-5-3-2-4-13(16)20/h2-6,8-9,11,19,23H,7,10H2,1H3,(H,25,26)/b12-6+. The van der Waals surface area contributed by atoms with E-state index in [9.17, 15) is 14.7 Å². The Balaban J connectivity index is 1.76. The third-order valence-corrected chi connectivity index (χ3v) is 5.96. The molecule has 6 heteroatoms. The molecule has 0 amide bonds. The van der Waals surface area contributed by atoms with E-state index in [0.717, 1.165) is 15.6 Å². The summed E-state index contributed by atoms with van der Waals surface area (Å²) in [6.45, 7) is 1.49. The molecule has 0 radical (unpaired) electrons. The maximum atomic E-state index is 12.8. The number of carboxylic acids is 1. The topological polar surface area (TPSA) is 83.8 Å². The number of carbonyl (C=O) groups excluding carboxylic acids is 1. The number of carbonyl (C=O) groups is 2. The second kappa shape index (κ2) is 7.13. The molecule has 1 unspecified atom stereocenters. The number of fused-ring (bicyclic) bond motifs is 2. The predicted octanol–water partition coefficient (Wildman–Crippen LogP) is 4.89. The first-order chi connectivity index (χ1) is 13.5. The highest BCUT2D eigenvalue weighted by Gasteiger charge is 2.31. The Kier molecular flexibility index (Phi) is 4.65. The quantitative estimate of drug-likeness (QED) is 0.616. The van der Waals surface area contributed by atoms with Crippen molar-refractivity contribution in [2.45, 2.75) is 25.9 Å². The summed E-state index contributed by atoms with van der Waals surface area (Å²) in [5.74, 6) is -0.756. The van der Waals surface area contributed by atoms with E-state index in [4.69, 9.17) is 9.84 Å². The zero-order chi connectivity index (χ0) is 19.8. The van der Waals surface area contributed by atoms with E-state index in [2.05, 4.69) is 0 Å². The van der Waals surface area contributed by atoms with Gasteiger partial charge in [-0.05, 0) is 42.3 Å². The first-order valence-corrected chi connectivity index (χ1v) is 9.74. The van der Waals surface area contributed by atoms with Crippen molar-refractivity contribution in [3.63, 3.8) is 0 Å². The van der Waals surface area contributed by atoms with Crippen molar-refractivity contribution in [2.75, 3.05) is 0 Å². The predicted molar refractivity (Wildman–Crippen MR) is 107 cm³/mol. The van der Waals surface area contributed by atoms with Gasteiger partial charge < -0.3 is 14.9 Å². The number of allylic oxidation sites excluding steroid dienone is 1. The van der Waals surface area contributed by atoms with Crippen LogP contribution in [0.25, 0.3) is 10.1 Å². The van der Waals surface area contributed by atoms with Gasteiger partial charge in [0.2, 0.25) is 0 Å². The van der Waals surface area contributed by atoms with Gasteiger partial charge in [0.1, 0.15) is 17.6 Å². The molecular formula is C22H18O5S. The summed E-state index contributed by atoms with van der Waals surface area (Å²) in [6, 6.07) is 11.0. The van der Waals surface area contributed by atoms with E-state index < -0.39 is 12.1 Å². The van der Waals surface area contributed by atoms with Crippen LogP contribution in [-0.4, -0.2) is 22.0 Å². The number of aliphatic carboxylic acids is 1. The van der Waals surface area contributed by atoms with E-state index in [1.807, 2.05) is 29.6 Å². The number of phenols is 1. The van der Waals surface area contributed by atoms with Crippen LogP contribution < -0.4 is 4.74 Å². The summed E-state index contributed by atoms with van der Waals surface area (Å²) in [7, 11) is 0. The van der Waals surface area contributed by atoms with E-state index >= 15 is 0 Å². The van der Waals surface area contributed by atoms with Gasteiger partial charge in [0.05, 0.1) is 12.0 Å². The highest BCUT2D eigenvalue weighted by Crippen LogP contribution is 2.43. The first-order valence-electron chi connectivity index (χ1n) is 8.86. The maximum absolute atomic E-state index is 12.8. The molecule has 1 aliphatic heterocycles. The second-order valence-corrected chi connectivity index (χ2v) is 7.67. The summed E-state index contributed by atoms with van der Waals surface area (Å²) < 4.78 is 7.33. The average molecular weight is 394 g/mol. The summed E-state index contributed by atoms with van der Waals surface area (Å²) in [4.78, 5) is 23.8. The van der Waals surface area contributed by atoms with E-state index in [1.165, 1.54) is 19.1 Å². The van der Waals surface area contributed by atoms with Gasteiger partial charge in [0, 0.05) is 21.4 Å². The molecule has 4 rings (SSSR count). The third-order valence-electron chi connectivity index (χ3n) is 4.97. The smallest absolute Gasteiger partial charge is 0.330 e. The number of carboxylic acid groups (broad SMARTS) is 1. The fourth-order valence-electron chi connectivity index (χ4n) is 3.39. The molecule has 2 N–H and O–H groups in total. The molecule has 1 aliphatic rings. The minimum atomic E-state index is -1.02. The molecule has 0 aliphatic carbocycles. The molecule has 1 atom stereocenters. The van der Waals surface area contributed by atoms with Gasteiger partial charge in [-0.1, -0.05) is 24.3 Å². The number of Topliss-reactive ketones (excluding diaryl/α,β-unsaturated/α-hetero) is 1. The Hall–Kier alpha value is -3.12. The van der Waals surface area contributed by atoms with Crippen LogP contribution in [0.3, 0.4) is 0 Å². The number of rotatable bonds is 4. The third kappa shape index (κ3) is 3.16. The minimum Gasteiger partial charge on any atom is -0.508 e.